The molecule has 0 aliphatic heterocycles. The van der Waals surface area contributed by atoms with Gasteiger partial charge in [-0.2, -0.15) is 0 Å². The van der Waals surface area contributed by atoms with Gasteiger partial charge in [-0.05, 0) is 53.8 Å². The minimum Gasteiger partial charge on any atom is -0.478 e. The summed E-state index contributed by atoms with van der Waals surface area (Å²) < 4.78 is 31.8. The number of benzene rings is 1. The maximum absolute atomic E-state index is 12.1. The van der Waals surface area contributed by atoms with Gasteiger partial charge < -0.3 is 9.52 Å². The third-order valence-electron chi connectivity index (χ3n) is 4.43. The van der Waals surface area contributed by atoms with Crippen molar-refractivity contribution in [3.63, 3.8) is 0 Å². The number of nitrogens with zero attached hydrogens (tertiary/aromatic N) is 1. The zero-order valence-electron chi connectivity index (χ0n) is 13.9. The molecular weight excluding hydrogens is 410 g/mol. The van der Waals surface area contributed by atoms with Gasteiger partial charge in [0.25, 0.3) is 0 Å². The van der Waals surface area contributed by atoms with Gasteiger partial charge >= 0.3 is 5.97 Å². The van der Waals surface area contributed by atoms with Crippen LogP contribution in [-0.2, 0) is 10.0 Å². The number of anilines is 1. The Morgan fingerprint density at radius 3 is 2.68 bits per heavy atom. The first-order chi connectivity index (χ1) is 11.8. The summed E-state index contributed by atoms with van der Waals surface area (Å²) in [6.45, 7) is 1.57. The highest BCUT2D eigenvalue weighted by Gasteiger charge is 2.27. The molecule has 0 radical (unpaired) electrons. The average Bonchev–Trinajstić information content (AvgIpc) is 3.20. The first-order valence-corrected chi connectivity index (χ1v) is 10.3. The van der Waals surface area contributed by atoms with Crippen LogP contribution in [0.4, 0.5) is 5.69 Å². The van der Waals surface area contributed by atoms with E-state index in [2.05, 4.69) is 15.9 Å². The molecule has 1 aromatic heterocycles. The van der Waals surface area contributed by atoms with Crippen LogP contribution in [0, 0.1) is 0 Å². The van der Waals surface area contributed by atoms with E-state index in [9.17, 15) is 18.3 Å². The van der Waals surface area contributed by atoms with Crippen LogP contribution in [0.3, 0.4) is 0 Å². The van der Waals surface area contributed by atoms with Crippen LogP contribution in [-0.4, -0.2) is 32.3 Å². The van der Waals surface area contributed by atoms with Gasteiger partial charge in [0, 0.05) is 23.0 Å². The molecule has 1 aromatic carbocycles. The maximum atomic E-state index is 12.1. The second kappa shape index (κ2) is 6.49. The molecule has 6 nitrogen and oxygen atoms in total. The minimum absolute atomic E-state index is 0.0371. The quantitative estimate of drug-likeness (QED) is 0.770. The van der Waals surface area contributed by atoms with Crippen molar-refractivity contribution in [1.82, 2.24) is 0 Å². The molecule has 1 heterocycles. The van der Waals surface area contributed by atoms with Crippen molar-refractivity contribution in [1.29, 1.82) is 0 Å². The number of allylic oxidation sites excluding steroid dienone is 2. The van der Waals surface area contributed by atoms with E-state index >= 15 is 0 Å². The highest BCUT2D eigenvalue weighted by atomic mass is 79.9. The maximum Gasteiger partial charge on any atom is 0.340 e. The molecule has 1 aliphatic rings. The summed E-state index contributed by atoms with van der Waals surface area (Å²) in [5.41, 5.74) is 1.78. The summed E-state index contributed by atoms with van der Waals surface area (Å²) in [4.78, 5) is 11.8. The number of rotatable bonds is 5. The summed E-state index contributed by atoms with van der Waals surface area (Å²) in [5, 5.41) is 10.1. The molecule has 0 fully saturated rings. The Morgan fingerprint density at radius 2 is 2.12 bits per heavy atom. The first-order valence-electron chi connectivity index (χ1n) is 7.91. The predicted octanol–water partition coefficient (Wildman–Crippen LogP) is 4.25. The lowest BCUT2D eigenvalue weighted by Gasteiger charge is -2.19. The lowest BCUT2D eigenvalue weighted by molar-refractivity contribution is 0.0697. The molecule has 0 unspecified atom stereocenters. The van der Waals surface area contributed by atoms with E-state index in [1.165, 1.54) is 11.4 Å². The number of carboxylic acid groups (broad SMARTS) is 1. The van der Waals surface area contributed by atoms with E-state index < -0.39 is 16.0 Å². The van der Waals surface area contributed by atoms with Crippen LogP contribution in [0.5, 0.6) is 0 Å². The number of furan rings is 1. The Labute approximate surface area is 154 Å². The molecular formula is C17H18BrNO5S. The van der Waals surface area contributed by atoms with Crippen LogP contribution in [0.1, 0.15) is 42.3 Å². The second-order valence-corrected chi connectivity index (χ2v) is 9.04. The van der Waals surface area contributed by atoms with Crippen molar-refractivity contribution in [3.8, 4) is 0 Å². The SMILES string of the molecule is CCS(=O)(=O)N(C)c1cc2oc(C3=CCCC3)c(C(=O)O)c2cc1Br. The molecule has 0 atom stereocenters. The lowest BCUT2D eigenvalue weighted by atomic mass is 10.1. The van der Waals surface area contributed by atoms with Gasteiger partial charge in [0.2, 0.25) is 10.0 Å². The number of carbonyl (C=O) groups is 1. The van der Waals surface area contributed by atoms with E-state index in [1.54, 1.807) is 19.1 Å². The summed E-state index contributed by atoms with van der Waals surface area (Å²) in [6.07, 6.45) is 4.64. The molecule has 2 aromatic rings. The minimum atomic E-state index is -3.44. The Hall–Kier alpha value is -1.80. The molecule has 25 heavy (non-hydrogen) atoms. The van der Waals surface area contributed by atoms with Crippen molar-refractivity contribution in [2.24, 2.45) is 0 Å². The lowest BCUT2D eigenvalue weighted by Crippen LogP contribution is -2.28. The summed E-state index contributed by atoms with van der Waals surface area (Å²) >= 11 is 3.36. The number of hydrogen-bond donors (Lipinski definition) is 1. The molecule has 0 spiro atoms. The smallest absolute Gasteiger partial charge is 0.340 e. The van der Waals surface area contributed by atoms with Crippen molar-refractivity contribution in [2.45, 2.75) is 26.2 Å². The second-order valence-electron chi connectivity index (χ2n) is 5.90. The fourth-order valence-electron chi connectivity index (χ4n) is 3.01. The molecule has 134 valence electrons. The Kier molecular flexibility index (Phi) is 4.68. The molecule has 0 saturated carbocycles. The summed E-state index contributed by atoms with van der Waals surface area (Å²) in [5.74, 6) is -0.731. The normalized spacial score (nSPS) is 14.8. The van der Waals surface area contributed by atoms with Gasteiger partial charge in [-0.1, -0.05) is 6.08 Å². The number of hydrogen-bond acceptors (Lipinski definition) is 4. The number of sulfonamides is 1. The van der Waals surface area contributed by atoms with E-state index in [0.29, 0.717) is 26.9 Å². The number of halogens is 1. The first kappa shape index (κ1) is 18.0. The molecule has 0 bridgehead atoms. The number of carboxylic acids is 1. The zero-order valence-corrected chi connectivity index (χ0v) is 16.3. The fourth-order valence-corrected chi connectivity index (χ4v) is 4.57. The largest absolute Gasteiger partial charge is 0.478 e. The number of aromatic carboxylic acids is 1. The Morgan fingerprint density at radius 1 is 1.40 bits per heavy atom. The van der Waals surface area contributed by atoms with E-state index in [-0.39, 0.29) is 11.3 Å². The van der Waals surface area contributed by atoms with Crippen LogP contribution in [0.2, 0.25) is 0 Å². The van der Waals surface area contributed by atoms with Crippen molar-refractivity contribution < 1.29 is 22.7 Å². The molecule has 1 N–H and O–H groups in total. The molecule has 8 heteroatoms. The third kappa shape index (κ3) is 3.08. The predicted molar refractivity (Wildman–Crippen MR) is 101 cm³/mol. The van der Waals surface area contributed by atoms with Gasteiger partial charge in [-0.25, -0.2) is 13.2 Å². The standard InChI is InChI=1S/C17H18BrNO5S/c1-3-25(22,23)19(2)13-9-14-11(8-12(13)18)15(17(20)21)16(24-14)10-6-4-5-7-10/h6,8-9H,3-5,7H2,1-2H3,(H,20,21). The van der Waals surface area contributed by atoms with E-state index in [0.717, 1.165) is 24.8 Å². The third-order valence-corrected chi connectivity index (χ3v) is 6.82. The fraction of sp³-hybridized carbons (Fsp3) is 0.353. The molecule has 3 rings (SSSR count). The van der Waals surface area contributed by atoms with Crippen molar-refractivity contribution in [2.75, 3.05) is 17.1 Å². The highest BCUT2D eigenvalue weighted by molar-refractivity contribution is 9.10. The topological polar surface area (TPSA) is 87.8 Å². The molecule has 0 amide bonds. The van der Waals surface area contributed by atoms with Gasteiger partial charge in [0.05, 0.1) is 11.4 Å². The van der Waals surface area contributed by atoms with Gasteiger partial charge in [-0.15, -0.1) is 0 Å². The van der Waals surface area contributed by atoms with Gasteiger partial charge in [-0.3, -0.25) is 4.31 Å². The Bertz CT molecular complexity index is 990. The van der Waals surface area contributed by atoms with Crippen LogP contribution < -0.4 is 4.31 Å². The van der Waals surface area contributed by atoms with Gasteiger partial charge in [0.1, 0.15) is 16.9 Å². The van der Waals surface area contributed by atoms with E-state index in [4.69, 9.17) is 4.42 Å². The average molecular weight is 428 g/mol. The monoisotopic (exact) mass is 427 g/mol. The highest BCUT2D eigenvalue weighted by Crippen LogP contribution is 2.40. The summed E-state index contributed by atoms with van der Waals surface area (Å²) in [7, 11) is -1.98. The summed E-state index contributed by atoms with van der Waals surface area (Å²) in [6, 6.07) is 3.18. The van der Waals surface area contributed by atoms with Crippen LogP contribution in [0.25, 0.3) is 16.5 Å². The number of fused-ring (bicyclic) bond motifs is 1. The zero-order chi connectivity index (χ0) is 18.4. The van der Waals surface area contributed by atoms with Crippen LogP contribution >= 0.6 is 15.9 Å². The van der Waals surface area contributed by atoms with E-state index in [1.807, 2.05) is 6.08 Å². The van der Waals surface area contributed by atoms with Crippen molar-refractivity contribution >= 4 is 54.2 Å². The van der Waals surface area contributed by atoms with Crippen LogP contribution in [0.15, 0.2) is 27.1 Å². The molecule has 0 saturated heterocycles. The van der Waals surface area contributed by atoms with Crippen molar-refractivity contribution in [3.05, 3.63) is 34.0 Å². The van der Waals surface area contributed by atoms with Gasteiger partial charge in [0.15, 0.2) is 0 Å². The Balaban J connectivity index is 2.23. The molecule has 1 aliphatic carbocycles.